The van der Waals surface area contributed by atoms with Crippen molar-refractivity contribution in [2.75, 3.05) is 0 Å². The largest absolute Gasteiger partial charge is 0.375 e. The molecule has 0 bridgehead atoms. The average Bonchev–Trinajstić information content (AvgIpc) is 1.88. The molecule has 4 heteroatoms. The highest BCUT2D eigenvalue weighted by molar-refractivity contribution is 7.80. The molecule has 56 valence electrons. The summed E-state index contributed by atoms with van der Waals surface area (Å²) in [6, 6.07) is 0.113. The van der Waals surface area contributed by atoms with E-state index in [1.54, 1.807) is 0 Å². The number of hydrogen-bond acceptors (Lipinski definition) is 2. The van der Waals surface area contributed by atoms with Crippen LogP contribution >= 0.6 is 12.2 Å². The molecule has 0 aromatic rings. The zero-order valence-corrected chi connectivity index (χ0v) is 6.98. The average molecular weight is 157 g/mol. The molecule has 0 aromatic heterocycles. The Morgan fingerprint density at radius 3 is 2.50 bits per heavy atom. The summed E-state index contributed by atoms with van der Waals surface area (Å²) in [6.07, 6.45) is 2.79. The lowest BCUT2D eigenvalue weighted by Crippen LogP contribution is -2.37. The van der Waals surface area contributed by atoms with Gasteiger partial charge >= 0.3 is 0 Å². The van der Waals surface area contributed by atoms with Crippen LogP contribution in [-0.4, -0.2) is 16.1 Å². The summed E-state index contributed by atoms with van der Waals surface area (Å²) in [5.41, 5.74) is 5.26. The first-order chi connectivity index (χ1) is 4.63. The molecule has 10 heavy (non-hydrogen) atoms. The molecule has 0 aliphatic carbocycles. The van der Waals surface area contributed by atoms with Crippen LogP contribution in [0.2, 0.25) is 0 Å². The van der Waals surface area contributed by atoms with Crippen molar-refractivity contribution in [1.82, 2.24) is 4.90 Å². The van der Waals surface area contributed by atoms with E-state index in [0.717, 1.165) is 6.42 Å². The highest BCUT2D eigenvalue weighted by Gasteiger charge is 2.10. The van der Waals surface area contributed by atoms with Crippen LogP contribution in [0.15, 0.2) is 0 Å². The van der Waals surface area contributed by atoms with Crippen molar-refractivity contribution in [2.24, 2.45) is 5.73 Å². The Bertz CT molecular complexity index is 161. The SMILES string of the molecule is CCC(C)N(C#N)C(N)=S. The summed E-state index contributed by atoms with van der Waals surface area (Å²) in [5, 5.41) is 8.66. The predicted molar refractivity (Wildman–Crippen MR) is 44.0 cm³/mol. The van der Waals surface area contributed by atoms with Gasteiger partial charge in [0.2, 0.25) is 0 Å². The third kappa shape index (κ3) is 2.19. The van der Waals surface area contributed by atoms with Gasteiger partial charge in [-0.1, -0.05) is 6.92 Å². The lowest BCUT2D eigenvalue weighted by Gasteiger charge is -2.19. The Morgan fingerprint density at radius 2 is 2.40 bits per heavy atom. The summed E-state index contributed by atoms with van der Waals surface area (Å²) >= 11 is 4.64. The molecule has 0 spiro atoms. The van der Waals surface area contributed by atoms with Crippen molar-refractivity contribution < 1.29 is 0 Å². The van der Waals surface area contributed by atoms with E-state index in [1.807, 2.05) is 20.0 Å². The topological polar surface area (TPSA) is 53.0 Å². The minimum absolute atomic E-state index is 0.113. The van der Waals surface area contributed by atoms with Gasteiger partial charge in [-0.15, -0.1) is 0 Å². The van der Waals surface area contributed by atoms with Crippen molar-refractivity contribution >= 4 is 17.3 Å². The molecule has 0 saturated heterocycles. The summed E-state index contributed by atoms with van der Waals surface area (Å²) in [6.45, 7) is 3.88. The van der Waals surface area contributed by atoms with Gasteiger partial charge in [-0.2, -0.15) is 5.26 Å². The van der Waals surface area contributed by atoms with E-state index in [-0.39, 0.29) is 11.2 Å². The van der Waals surface area contributed by atoms with Crippen LogP contribution in [0.5, 0.6) is 0 Å². The third-order valence-corrected chi connectivity index (χ3v) is 1.57. The second-order valence-electron chi connectivity index (χ2n) is 2.07. The van der Waals surface area contributed by atoms with Gasteiger partial charge in [-0.05, 0) is 25.6 Å². The monoisotopic (exact) mass is 157 g/mol. The van der Waals surface area contributed by atoms with E-state index in [1.165, 1.54) is 4.90 Å². The fourth-order valence-corrected chi connectivity index (χ4v) is 0.768. The molecule has 1 unspecified atom stereocenters. The molecule has 0 rings (SSSR count). The van der Waals surface area contributed by atoms with Crippen LogP contribution in [0.25, 0.3) is 0 Å². The maximum Gasteiger partial charge on any atom is 0.186 e. The predicted octanol–water partition coefficient (Wildman–Crippen LogP) is 0.812. The van der Waals surface area contributed by atoms with Gasteiger partial charge < -0.3 is 5.73 Å². The van der Waals surface area contributed by atoms with E-state index < -0.39 is 0 Å². The number of nitrogens with two attached hydrogens (primary N) is 1. The van der Waals surface area contributed by atoms with E-state index >= 15 is 0 Å². The van der Waals surface area contributed by atoms with Crippen LogP contribution in [0, 0.1) is 11.5 Å². The standard InChI is InChI=1S/C6H11N3S/c1-3-5(2)9(4-7)6(8)10/h5H,3H2,1-2H3,(H2,8,10). The molecule has 2 N–H and O–H groups in total. The first-order valence-electron chi connectivity index (χ1n) is 3.11. The van der Waals surface area contributed by atoms with E-state index in [2.05, 4.69) is 12.2 Å². The molecular formula is C6H11N3S. The van der Waals surface area contributed by atoms with Crippen LogP contribution in [0.1, 0.15) is 20.3 Å². The van der Waals surface area contributed by atoms with Gasteiger partial charge in [0.05, 0.1) is 0 Å². The van der Waals surface area contributed by atoms with Crippen LogP contribution in [0.4, 0.5) is 0 Å². The Kier molecular flexibility index (Phi) is 3.74. The van der Waals surface area contributed by atoms with Crippen molar-refractivity contribution in [2.45, 2.75) is 26.3 Å². The van der Waals surface area contributed by atoms with Gasteiger partial charge in [-0.25, -0.2) is 0 Å². The second-order valence-corrected chi connectivity index (χ2v) is 2.48. The molecule has 0 aliphatic heterocycles. The first-order valence-corrected chi connectivity index (χ1v) is 3.52. The zero-order valence-electron chi connectivity index (χ0n) is 6.16. The first kappa shape index (κ1) is 9.18. The molecule has 3 nitrogen and oxygen atoms in total. The smallest absolute Gasteiger partial charge is 0.186 e. The fourth-order valence-electron chi connectivity index (χ4n) is 0.548. The van der Waals surface area contributed by atoms with Crippen LogP contribution in [0.3, 0.4) is 0 Å². The Labute approximate surface area is 66.4 Å². The molecule has 0 aliphatic rings. The number of nitriles is 1. The Morgan fingerprint density at radius 1 is 1.90 bits per heavy atom. The van der Waals surface area contributed by atoms with Crippen molar-refractivity contribution in [3.63, 3.8) is 0 Å². The fraction of sp³-hybridized carbons (Fsp3) is 0.667. The number of nitrogens with zero attached hydrogens (tertiary/aromatic N) is 2. The van der Waals surface area contributed by atoms with Gasteiger partial charge in [0.15, 0.2) is 11.3 Å². The molecule has 0 saturated carbocycles. The number of thiocarbonyl (C=S) groups is 1. The van der Waals surface area contributed by atoms with E-state index in [0.29, 0.717) is 0 Å². The van der Waals surface area contributed by atoms with Crippen LogP contribution in [-0.2, 0) is 0 Å². The highest BCUT2D eigenvalue weighted by Crippen LogP contribution is 2.00. The normalized spacial score (nSPS) is 11.7. The molecule has 0 fully saturated rings. The van der Waals surface area contributed by atoms with Crippen molar-refractivity contribution in [1.29, 1.82) is 5.26 Å². The van der Waals surface area contributed by atoms with Gasteiger partial charge in [-0.3, -0.25) is 4.90 Å². The van der Waals surface area contributed by atoms with E-state index in [4.69, 9.17) is 11.0 Å². The Hall–Kier alpha value is -0.820. The Balaban J connectivity index is 4.10. The summed E-state index contributed by atoms with van der Waals surface area (Å²) in [7, 11) is 0. The molecule has 0 aromatic carbocycles. The minimum atomic E-state index is 0.113. The maximum atomic E-state index is 8.51. The summed E-state index contributed by atoms with van der Waals surface area (Å²) in [5.74, 6) is 0. The quantitative estimate of drug-likeness (QED) is 0.366. The van der Waals surface area contributed by atoms with Crippen LogP contribution < -0.4 is 5.73 Å². The van der Waals surface area contributed by atoms with Crippen molar-refractivity contribution in [3.05, 3.63) is 0 Å². The zero-order chi connectivity index (χ0) is 8.15. The molecule has 1 atom stereocenters. The minimum Gasteiger partial charge on any atom is -0.375 e. The lowest BCUT2D eigenvalue weighted by molar-refractivity contribution is 0.433. The van der Waals surface area contributed by atoms with Gasteiger partial charge in [0.1, 0.15) is 0 Å². The number of rotatable bonds is 2. The maximum absolute atomic E-state index is 8.51. The molecular weight excluding hydrogens is 146 g/mol. The third-order valence-electron chi connectivity index (χ3n) is 1.38. The summed E-state index contributed by atoms with van der Waals surface area (Å²) < 4.78 is 0. The molecule has 0 radical (unpaired) electrons. The molecule has 0 heterocycles. The lowest BCUT2D eigenvalue weighted by atomic mass is 10.2. The van der Waals surface area contributed by atoms with Crippen molar-refractivity contribution in [3.8, 4) is 6.19 Å². The van der Waals surface area contributed by atoms with Gasteiger partial charge in [0.25, 0.3) is 0 Å². The molecule has 0 amide bonds. The van der Waals surface area contributed by atoms with Gasteiger partial charge in [0, 0.05) is 6.04 Å². The summed E-state index contributed by atoms with van der Waals surface area (Å²) in [4.78, 5) is 1.33. The van der Waals surface area contributed by atoms with E-state index in [9.17, 15) is 0 Å². The number of hydrogen-bond donors (Lipinski definition) is 1. The second kappa shape index (κ2) is 4.07. The highest BCUT2D eigenvalue weighted by atomic mass is 32.1.